The molecule has 0 saturated heterocycles. The van der Waals surface area contributed by atoms with Crippen LogP contribution >= 0.6 is 11.8 Å². The molecule has 4 rings (SSSR count). The fourth-order valence-corrected chi connectivity index (χ4v) is 3.88. The van der Waals surface area contributed by atoms with E-state index in [4.69, 9.17) is 4.74 Å². The van der Waals surface area contributed by atoms with Crippen LogP contribution in [0, 0.1) is 13.8 Å². The Morgan fingerprint density at radius 2 is 1.93 bits per heavy atom. The van der Waals surface area contributed by atoms with Crippen LogP contribution < -0.4 is 9.64 Å². The number of para-hydroxylation sites is 1. The molecule has 0 N–H and O–H groups in total. The normalized spacial score (nSPS) is 15.2. The Kier molecular flexibility index (Phi) is 5.24. The van der Waals surface area contributed by atoms with E-state index in [1.54, 1.807) is 11.8 Å². The highest BCUT2D eigenvalue weighted by Crippen LogP contribution is 2.43. The molecular weight excluding hydrogens is 384 g/mol. The predicted octanol–water partition coefficient (Wildman–Crippen LogP) is 4.71. The average molecular weight is 407 g/mol. The summed E-state index contributed by atoms with van der Waals surface area (Å²) in [6.07, 6.45) is -0.648. The molecule has 0 unspecified atom stereocenters. The van der Waals surface area contributed by atoms with Gasteiger partial charge in [-0.2, -0.15) is 4.98 Å². The zero-order valence-corrected chi connectivity index (χ0v) is 17.7. The second kappa shape index (κ2) is 7.83. The van der Waals surface area contributed by atoms with Gasteiger partial charge in [0.25, 0.3) is 0 Å². The van der Waals surface area contributed by atoms with Gasteiger partial charge in [-0.25, -0.2) is 0 Å². The molecule has 148 valence electrons. The van der Waals surface area contributed by atoms with Crippen molar-refractivity contribution in [3.05, 3.63) is 59.2 Å². The number of hydrogen-bond donors (Lipinski definition) is 0. The van der Waals surface area contributed by atoms with Gasteiger partial charge >= 0.3 is 0 Å². The molecule has 1 atom stereocenters. The molecule has 1 amide bonds. The minimum atomic E-state index is -0.648. The molecule has 1 aromatic heterocycles. The van der Waals surface area contributed by atoms with Gasteiger partial charge in [-0.3, -0.25) is 9.69 Å². The highest BCUT2D eigenvalue weighted by molar-refractivity contribution is 7.99. The summed E-state index contributed by atoms with van der Waals surface area (Å²) in [5.41, 5.74) is 5.25. The minimum Gasteiger partial charge on any atom is -0.447 e. The number of anilines is 1. The topological polar surface area (TPSA) is 68.2 Å². The number of hydrogen-bond acceptors (Lipinski definition) is 6. The van der Waals surface area contributed by atoms with E-state index in [1.807, 2.05) is 43.3 Å². The van der Waals surface area contributed by atoms with Crippen LogP contribution in [0.15, 0.2) is 47.6 Å². The molecule has 6 nitrogen and oxygen atoms in total. The first-order valence-electron chi connectivity index (χ1n) is 9.50. The lowest BCUT2D eigenvalue weighted by Gasteiger charge is -2.30. The molecular formula is C22H22N4O2S. The van der Waals surface area contributed by atoms with Gasteiger partial charge in [-0.1, -0.05) is 55.1 Å². The van der Waals surface area contributed by atoms with Crippen molar-refractivity contribution in [2.24, 2.45) is 0 Å². The molecule has 0 aliphatic carbocycles. The maximum atomic E-state index is 12.8. The maximum absolute atomic E-state index is 12.8. The van der Waals surface area contributed by atoms with E-state index in [0.29, 0.717) is 16.7 Å². The molecule has 0 fully saturated rings. The fourth-order valence-electron chi connectivity index (χ4n) is 3.38. The van der Waals surface area contributed by atoms with Crippen LogP contribution in [0.3, 0.4) is 0 Å². The monoisotopic (exact) mass is 406 g/mol. The summed E-state index contributed by atoms with van der Waals surface area (Å²) < 4.78 is 6.36. The molecule has 7 heteroatoms. The molecule has 0 spiro atoms. The van der Waals surface area contributed by atoms with Crippen LogP contribution in [0.5, 0.6) is 5.88 Å². The van der Waals surface area contributed by atoms with Gasteiger partial charge in [0.15, 0.2) is 5.69 Å². The Morgan fingerprint density at radius 3 is 2.66 bits per heavy atom. The van der Waals surface area contributed by atoms with Gasteiger partial charge in [0.1, 0.15) is 0 Å². The number of rotatable bonds is 3. The van der Waals surface area contributed by atoms with Crippen molar-refractivity contribution in [2.75, 3.05) is 10.7 Å². The third kappa shape index (κ3) is 3.58. The molecule has 3 aromatic rings. The van der Waals surface area contributed by atoms with Crippen LogP contribution in [-0.2, 0) is 4.79 Å². The second-order valence-electron chi connectivity index (χ2n) is 6.90. The smallest absolute Gasteiger partial charge is 0.247 e. The highest BCUT2D eigenvalue weighted by atomic mass is 32.2. The lowest BCUT2D eigenvalue weighted by atomic mass is 10.0. The summed E-state index contributed by atoms with van der Waals surface area (Å²) in [5.74, 6) is 1.09. The van der Waals surface area contributed by atoms with Crippen LogP contribution in [0.4, 0.5) is 5.69 Å². The Bertz CT molecular complexity index is 1090. The fraction of sp³-hybridized carbons (Fsp3) is 0.273. The quantitative estimate of drug-likeness (QED) is 0.587. The lowest BCUT2D eigenvalue weighted by Crippen LogP contribution is -2.36. The number of ether oxygens (including phenoxy) is 1. The zero-order valence-electron chi connectivity index (χ0n) is 16.8. The van der Waals surface area contributed by atoms with E-state index in [0.717, 1.165) is 28.1 Å². The van der Waals surface area contributed by atoms with Crippen LogP contribution in [0.25, 0.3) is 11.3 Å². The Morgan fingerprint density at radius 1 is 1.14 bits per heavy atom. The van der Waals surface area contributed by atoms with Crippen LogP contribution in [0.2, 0.25) is 0 Å². The Balaban J connectivity index is 1.95. The average Bonchev–Trinajstić information content (AvgIpc) is 2.84. The molecule has 2 aromatic carbocycles. The first-order valence-corrected chi connectivity index (χ1v) is 10.5. The van der Waals surface area contributed by atoms with Gasteiger partial charge in [0, 0.05) is 18.1 Å². The van der Waals surface area contributed by atoms with E-state index >= 15 is 0 Å². The van der Waals surface area contributed by atoms with E-state index in [-0.39, 0.29) is 5.91 Å². The van der Waals surface area contributed by atoms with Crippen molar-refractivity contribution in [1.82, 2.24) is 15.2 Å². The number of nitrogens with zero attached hydrogens (tertiary/aromatic N) is 4. The predicted molar refractivity (Wildman–Crippen MR) is 114 cm³/mol. The number of carbonyl (C=O) groups excluding carboxylic acids is 1. The molecule has 0 saturated carbocycles. The van der Waals surface area contributed by atoms with Crippen LogP contribution in [0.1, 0.15) is 36.8 Å². The molecule has 29 heavy (non-hydrogen) atoms. The van der Waals surface area contributed by atoms with E-state index in [1.165, 1.54) is 17.3 Å². The first-order chi connectivity index (χ1) is 14.0. The summed E-state index contributed by atoms with van der Waals surface area (Å²) in [4.78, 5) is 19.0. The van der Waals surface area contributed by atoms with Gasteiger partial charge in [0.05, 0.1) is 5.69 Å². The van der Waals surface area contributed by atoms with Gasteiger partial charge in [0.2, 0.25) is 23.2 Å². The van der Waals surface area contributed by atoms with Crippen LogP contribution in [-0.4, -0.2) is 26.8 Å². The summed E-state index contributed by atoms with van der Waals surface area (Å²) in [7, 11) is 0. The van der Waals surface area contributed by atoms with E-state index in [9.17, 15) is 4.79 Å². The third-order valence-electron chi connectivity index (χ3n) is 4.94. The Hall–Kier alpha value is -2.93. The number of aromatic nitrogens is 3. The number of fused-ring (bicyclic) bond motifs is 3. The maximum Gasteiger partial charge on any atom is 0.247 e. The number of carbonyl (C=O) groups is 1. The highest BCUT2D eigenvalue weighted by Gasteiger charge is 2.34. The largest absolute Gasteiger partial charge is 0.447 e. The number of thioether (sulfide) groups is 1. The first kappa shape index (κ1) is 19.4. The molecule has 0 radical (unpaired) electrons. The van der Waals surface area contributed by atoms with E-state index < -0.39 is 6.23 Å². The van der Waals surface area contributed by atoms with Crippen molar-refractivity contribution >= 4 is 23.4 Å². The van der Waals surface area contributed by atoms with Crippen molar-refractivity contribution in [3.8, 4) is 17.1 Å². The zero-order chi connectivity index (χ0) is 20.5. The van der Waals surface area contributed by atoms with Crippen molar-refractivity contribution < 1.29 is 9.53 Å². The van der Waals surface area contributed by atoms with Gasteiger partial charge in [-0.05, 0) is 36.8 Å². The molecule has 1 aliphatic rings. The molecule has 0 bridgehead atoms. The SMILES string of the molecule is CCSc1nnc2c(n1)O[C@H](c1ccc(C)c(C)c1)N(C(C)=O)c1ccccc1-2. The van der Waals surface area contributed by atoms with E-state index in [2.05, 4.69) is 35.1 Å². The van der Waals surface area contributed by atoms with Crippen molar-refractivity contribution in [1.29, 1.82) is 0 Å². The number of amides is 1. The third-order valence-corrected chi connectivity index (χ3v) is 5.66. The Labute approximate surface area is 174 Å². The number of aryl methyl sites for hydroxylation is 2. The summed E-state index contributed by atoms with van der Waals surface area (Å²) in [5, 5.41) is 9.19. The standard InChI is InChI=1S/C22H22N4O2S/c1-5-29-22-23-20-19(24-25-22)17-8-6-7-9-18(17)26(15(4)27)21(28-20)16-11-10-13(2)14(3)12-16/h6-12,21H,5H2,1-4H3/t21-/m1/s1. The number of benzene rings is 2. The second-order valence-corrected chi connectivity index (χ2v) is 8.13. The molecule has 1 aliphatic heterocycles. The van der Waals surface area contributed by atoms with Gasteiger partial charge in [-0.15, -0.1) is 10.2 Å². The lowest BCUT2D eigenvalue weighted by molar-refractivity contribution is -0.118. The van der Waals surface area contributed by atoms with Crippen molar-refractivity contribution in [3.63, 3.8) is 0 Å². The molecule has 2 heterocycles. The summed E-state index contributed by atoms with van der Waals surface area (Å²) in [6.45, 7) is 7.69. The minimum absolute atomic E-state index is 0.121. The summed E-state index contributed by atoms with van der Waals surface area (Å²) in [6, 6.07) is 13.7. The van der Waals surface area contributed by atoms with Gasteiger partial charge < -0.3 is 4.74 Å². The van der Waals surface area contributed by atoms with Crippen molar-refractivity contribution in [2.45, 2.75) is 39.1 Å². The summed E-state index contributed by atoms with van der Waals surface area (Å²) >= 11 is 1.50.